The van der Waals surface area contributed by atoms with Crippen LogP contribution in [-0.2, 0) is 0 Å². The second-order valence-electron chi connectivity index (χ2n) is 4.44. The third-order valence-corrected chi connectivity index (χ3v) is 2.93. The Balaban J connectivity index is 2.00. The van der Waals surface area contributed by atoms with Gasteiger partial charge in [-0.05, 0) is 12.1 Å². The smallest absolute Gasteiger partial charge is 0.346 e. The Bertz CT molecular complexity index is 908. The molecule has 0 aliphatic rings. The quantitative estimate of drug-likeness (QED) is 0.638. The molecule has 0 aromatic carbocycles. The zero-order valence-electron chi connectivity index (χ0n) is 11.7. The fourth-order valence-corrected chi connectivity index (χ4v) is 1.91. The van der Waals surface area contributed by atoms with Crippen LogP contribution in [0.2, 0.25) is 0 Å². The van der Waals surface area contributed by atoms with Gasteiger partial charge >= 0.3 is 5.69 Å². The van der Waals surface area contributed by atoms with Crippen LogP contribution in [0, 0.1) is 0 Å². The monoisotopic (exact) mass is 309 g/mol. The van der Waals surface area contributed by atoms with E-state index in [2.05, 4.69) is 30.2 Å². The summed E-state index contributed by atoms with van der Waals surface area (Å²) in [6.45, 7) is 0. The van der Waals surface area contributed by atoms with Crippen LogP contribution >= 0.6 is 0 Å². The van der Waals surface area contributed by atoms with Crippen LogP contribution < -0.4 is 16.7 Å². The number of hydrogen-bond acceptors (Lipinski definition) is 7. The van der Waals surface area contributed by atoms with Crippen molar-refractivity contribution in [2.45, 2.75) is 0 Å². The largest absolute Gasteiger partial charge is 0.382 e. The Hall–Kier alpha value is -3.62. The van der Waals surface area contributed by atoms with Crippen molar-refractivity contribution in [2.75, 3.05) is 11.1 Å². The van der Waals surface area contributed by atoms with Gasteiger partial charge in [-0.2, -0.15) is 0 Å². The number of rotatable bonds is 3. The highest BCUT2D eigenvalue weighted by Crippen LogP contribution is 2.22. The molecule has 9 nitrogen and oxygen atoms in total. The van der Waals surface area contributed by atoms with Crippen LogP contribution in [0.25, 0.3) is 11.3 Å². The van der Waals surface area contributed by atoms with E-state index in [1.807, 2.05) is 0 Å². The van der Waals surface area contributed by atoms with Crippen molar-refractivity contribution in [3.63, 3.8) is 0 Å². The van der Waals surface area contributed by atoms with E-state index in [4.69, 9.17) is 5.73 Å². The summed E-state index contributed by atoms with van der Waals surface area (Å²) in [5, 5.41) is 2.55. The number of carbonyl (C=O) groups excluding carboxylic acids is 1. The molecule has 0 saturated carbocycles. The third kappa shape index (κ3) is 3.02. The van der Waals surface area contributed by atoms with E-state index in [1.165, 1.54) is 18.6 Å². The molecule has 1 amide bonds. The number of nitrogens with two attached hydrogens (primary N) is 1. The molecule has 3 heterocycles. The van der Waals surface area contributed by atoms with E-state index in [0.717, 1.165) is 0 Å². The minimum absolute atomic E-state index is 0.0132. The molecule has 4 N–H and O–H groups in total. The number of aromatic amines is 1. The molecule has 114 valence electrons. The van der Waals surface area contributed by atoms with Gasteiger partial charge in [0.15, 0.2) is 11.5 Å². The molecule has 0 spiro atoms. The Morgan fingerprint density at radius 1 is 1.09 bits per heavy atom. The SMILES string of the molecule is Nc1nccnc1C(=O)Nc1[nH]c(=O)ncc1-c1ccccn1. The first kappa shape index (κ1) is 14.3. The summed E-state index contributed by atoms with van der Waals surface area (Å²) in [6.07, 6.45) is 5.64. The Labute approximate surface area is 129 Å². The van der Waals surface area contributed by atoms with Crippen molar-refractivity contribution >= 4 is 17.5 Å². The molecule has 3 aromatic rings. The second kappa shape index (κ2) is 6.02. The van der Waals surface area contributed by atoms with Gasteiger partial charge in [0.2, 0.25) is 0 Å². The van der Waals surface area contributed by atoms with Crippen LogP contribution in [0.3, 0.4) is 0 Å². The summed E-state index contributed by atoms with van der Waals surface area (Å²) in [5.74, 6) is -0.464. The third-order valence-electron chi connectivity index (χ3n) is 2.93. The maximum Gasteiger partial charge on any atom is 0.346 e. The average molecular weight is 309 g/mol. The number of hydrogen-bond donors (Lipinski definition) is 3. The lowest BCUT2D eigenvalue weighted by Crippen LogP contribution is -2.21. The van der Waals surface area contributed by atoms with Crippen molar-refractivity contribution < 1.29 is 4.79 Å². The first-order valence-corrected chi connectivity index (χ1v) is 6.53. The Morgan fingerprint density at radius 3 is 2.65 bits per heavy atom. The summed E-state index contributed by atoms with van der Waals surface area (Å²) < 4.78 is 0. The van der Waals surface area contributed by atoms with E-state index >= 15 is 0 Å². The summed E-state index contributed by atoms with van der Waals surface area (Å²) in [6, 6.07) is 5.25. The average Bonchev–Trinajstić information content (AvgIpc) is 2.56. The molecule has 0 fully saturated rings. The predicted molar refractivity (Wildman–Crippen MR) is 82.5 cm³/mol. The topological polar surface area (TPSA) is 140 Å². The maximum absolute atomic E-state index is 12.3. The Morgan fingerprint density at radius 2 is 1.91 bits per heavy atom. The fourth-order valence-electron chi connectivity index (χ4n) is 1.91. The van der Waals surface area contributed by atoms with Crippen LogP contribution in [0.4, 0.5) is 11.6 Å². The molecule has 3 aromatic heterocycles. The summed E-state index contributed by atoms with van der Waals surface area (Å²) in [7, 11) is 0. The van der Waals surface area contributed by atoms with Gasteiger partial charge < -0.3 is 11.1 Å². The molecular weight excluding hydrogens is 298 g/mol. The normalized spacial score (nSPS) is 10.3. The van der Waals surface area contributed by atoms with Gasteiger partial charge in [-0.25, -0.2) is 19.7 Å². The Kier molecular flexibility index (Phi) is 3.75. The number of nitrogens with zero attached hydrogens (tertiary/aromatic N) is 4. The highest BCUT2D eigenvalue weighted by atomic mass is 16.2. The van der Waals surface area contributed by atoms with Crippen LogP contribution in [0.5, 0.6) is 0 Å². The van der Waals surface area contributed by atoms with Gasteiger partial charge in [0.25, 0.3) is 5.91 Å². The molecule has 0 unspecified atom stereocenters. The number of amides is 1. The molecule has 23 heavy (non-hydrogen) atoms. The summed E-state index contributed by atoms with van der Waals surface area (Å²) >= 11 is 0. The van der Waals surface area contributed by atoms with Gasteiger partial charge in [-0.15, -0.1) is 0 Å². The van der Waals surface area contributed by atoms with Crippen molar-refractivity contribution in [1.29, 1.82) is 0 Å². The minimum Gasteiger partial charge on any atom is -0.382 e. The van der Waals surface area contributed by atoms with Crippen molar-refractivity contribution in [3.05, 3.63) is 59.2 Å². The molecule has 0 bridgehead atoms. The lowest BCUT2D eigenvalue weighted by atomic mass is 10.2. The van der Waals surface area contributed by atoms with Gasteiger partial charge in [-0.3, -0.25) is 14.8 Å². The highest BCUT2D eigenvalue weighted by molar-refractivity contribution is 6.06. The lowest BCUT2D eigenvalue weighted by molar-refractivity contribution is 0.102. The number of nitrogens with one attached hydrogen (secondary N) is 2. The van der Waals surface area contributed by atoms with Crippen LogP contribution in [0.1, 0.15) is 10.5 Å². The standard InChI is InChI=1S/C14H11N7O2/c15-11-10(17-5-6-18-11)13(22)20-12-8(7-19-14(23)21-12)9-3-1-2-4-16-9/h1-7H,(H2,15,18)(H2,19,20,21,22,23). The summed E-state index contributed by atoms with van der Waals surface area (Å²) in [4.78, 5) is 41.7. The molecule has 3 rings (SSSR count). The van der Waals surface area contributed by atoms with E-state index in [9.17, 15) is 9.59 Å². The number of aromatic nitrogens is 5. The van der Waals surface area contributed by atoms with Crippen molar-refractivity contribution in [1.82, 2.24) is 24.9 Å². The minimum atomic E-state index is -0.605. The number of H-pyrrole nitrogens is 1. The highest BCUT2D eigenvalue weighted by Gasteiger charge is 2.16. The zero-order chi connectivity index (χ0) is 16.2. The van der Waals surface area contributed by atoms with Crippen LogP contribution in [-0.4, -0.2) is 30.8 Å². The number of nitrogen functional groups attached to an aromatic ring is 1. The van der Waals surface area contributed by atoms with Crippen molar-refractivity contribution in [2.24, 2.45) is 0 Å². The fraction of sp³-hybridized carbons (Fsp3) is 0. The van der Waals surface area contributed by atoms with Crippen molar-refractivity contribution in [3.8, 4) is 11.3 Å². The first-order valence-electron chi connectivity index (χ1n) is 6.53. The first-order chi connectivity index (χ1) is 11.1. The molecule has 9 heteroatoms. The molecule has 0 atom stereocenters. The molecule has 0 aliphatic heterocycles. The van der Waals surface area contributed by atoms with Crippen LogP contribution in [0.15, 0.2) is 47.8 Å². The van der Waals surface area contributed by atoms with E-state index in [0.29, 0.717) is 11.3 Å². The summed E-state index contributed by atoms with van der Waals surface area (Å²) in [5.41, 5.74) is 5.97. The molecule has 0 radical (unpaired) electrons. The van der Waals surface area contributed by atoms with E-state index < -0.39 is 11.6 Å². The van der Waals surface area contributed by atoms with E-state index in [1.54, 1.807) is 24.4 Å². The van der Waals surface area contributed by atoms with Gasteiger partial charge in [-0.1, -0.05) is 6.07 Å². The zero-order valence-corrected chi connectivity index (χ0v) is 11.7. The number of pyridine rings is 1. The molecule has 0 aliphatic carbocycles. The number of carbonyl (C=O) groups is 1. The molecule has 0 saturated heterocycles. The van der Waals surface area contributed by atoms with Gasteiger partial charge in [0.05, 0.1) is 11.3 Å². The molecular formula is C14H11N7O2. The lowest BCUT2D eigenvalue weighted by Gasteiger charge is -2.09. The predicted octanol–water partition coefficient (Wildman–Crippen LogP) is 0.456. The van der Waals surface area contributed by atoms with Gasteiger partial charge in [0, 0.05) is 24.8 Å². The maximum atomic E-state index is 12.3. The van der Waals surface area contributed by atoms with E-state index in [-0.39, 0.29) is 17.3 Å². The van der Waals surface area contributed by atoms with Gasteiger partial charge in [0.1, 0.15) is 5.82 Å². The second-order valence-corrected chi connectivity index (χ2v) is 4.44. The number of anilines is 2.